The van der Waals surface area contributed by atoms with Gasteiger partial charge in [0.05, 0.1) is 0 Å². The van der Waals surface area contributed by atoms with Crippen molar-refractivity contribution in [3.8, 4) is 0 Å². The van der Waals surface area contributed by atoms with E-state index in [4.69, 9.17) is 21.0 Å². The Morgan fingerprint density at radius 2 is 1.91 bits per heavy atom. The summed E-state index contributed by atoms with van der Waals surface area (Å²) in [5, 5.41) is 1.79. The first-order valence-corrected chi connectivity index (χ1v) is 18.7. The molecule has 188 valence electrons. The molecule has 1 aromatic carbocycles. The minimum atomic E-state index is -1.99. The molecule has 3 atom stereocenters. The van der Waals surface area contributed by atoms with E-state index in [1.807, 2.05) is 29.2 Å². The van der Waals surface area contributed by atoms with Gasteiger partial charge in [0.2, 0.25) is 0 Å². The predicted molar refractivity (Wildman–Crippen MR) is 156 cm³/mol. The molecule has 0 saturated carbocycles. The molecule has 1 aromatic rings. The molecule has 0 aromatic heterocycles. The molecule has 2 heterocycles. The number of amidine groups is 1. The van der Waals surface area contributed by atoms with Gasteiger partial charge in [-0.05, 0) is 0 Å². The van der Waals surface area contributed by atoms with E-state index < -0.39 is 8.32 Å². The van der Waals surface area contributed by atoms with Crippen LogP contribution in [-0.4, -0.2) is 51.0 Å². The number of hydrogen-bond donors (Lipinski definition) is 0. The molecule has 0 bridgehead atoms. The molecule has 0 unspecified atom stereocenters. The van der Waals surface area contributed by atoms with Gasteiger partial charge in [-0.2, -0.15) is 0 Å². The molecule has 34 heavy (non-hydrogen) atoms. The van der Waals surface area contributed by atoms with Crippen LogP contribution >= 0.6 is 34.2 Å². The number of aliphatic imine (C=N–C) groups is 1. The normalized spacial score (nSPS) is 23.6. The van der Waals surface area contributed by atoms with Crippen molar-refractivity contribution in [2.45, 2.75) is 95.9 Å². The Hall–Kier alpha value is -0.184. The standard InChI is InChI=1S/C26H38ClIN2O2SeSi/c1-8-9-10-11-20-21(28)16-33-25(29-19-14-12-18(27)13-15-19)30-23(20)22(24(30)31)17(2)32-34(6,7)26(3,4)5/h12-15,17,22-23H,8-11,16H2,1-7H3/t17-,22-,23-/m1/s1. The molecule has 0 N–H and O–H groups in total. The first kappa shape index (κ1) is 28.4. The molecule has 0 radical (unpaired) electrons. The van der Waals surface area contributed by atoms with E-state index >= 15 is 0 Å². The van der Waals surface area contributed by atoms with Gasteiger partial charge in [-0.1, -0.05) is 0 Å². The van der Waals surface area contributed by atoms with Crippen molar-refractivity contribution in [3.63, 3.8) is 0 Å². The maximum atomic E-state index is 13.7. The Kier molecular flexibility index (Phi) is 9.58. The molecule has 2 aliphatic heterocycles. The summed E-state index contributed by atoms with van der Waals surface area (Å²) in [6, 6.07) is 7.63. The Balaban J connectivity index is 1.96. The van der Waals surface area contributed by atoms with Crippen LogP contribution < -0.4 is 0 Å². The molecular weight excluding hydrogens is 642 g/mol. The number of nitrogens with zero attached hydrogens (tertiary/aromatic N) is 2. The maximum absolute atomic E-state index is 13.7. The molecule has 0 aliphatic carbocycles. The average Bonchev–Trinajstić information content (AvgIpc) is 2.84. The fourth-order valence-corrected chi connectivity index (χ4v) is 9.24. The van der Waals surface area contributed by atoms with Crippen molar-refractivity contribution in [2.24, 2.45) is 10.9 Å². The van der Waals surface area contributed by atoms with E-state index in [1.165, 1.54) is 22.0 Å². The molecule has 1 fully saturated rings. The van der Waals surface area contributed by atoms with E-state index in [0.29, 0.717) is 5.02 Å². The summed E-state index contributed by atoms with van der Waals surface area (Å²) < 4.78 is 9.11. The van der Waals surface area contributed by atoms with Crippen molar-refractivity contribution in [2.75, 3.05) is 0 Å². The van der Waals surface area contributed by atoms with Crippen molar-refractivity contribution < 1.29 is 9.22 Å². The summed E-state index contributed by atoms with van der Waals surface area (Å²) in [5.74, 6) is 0.0322. The summed E-state index contributed by atoms with van der Waals surface area (Å²) in [5.41, 5.74) is 2.29. The van der Waals surface area contributed by atoms with Crippen LogP contribution in [-0.2, 0) is 9.22 Å². The minimum absolute atomic E-state index is 0.0615. The summed E-state index contributed by atoms with van der Waals surface area (Å²) in [7, 11) is -1.99. The van der Waals surface area contributed by atoms with E-state index in [-0.39, 0.29) is 44.0 Å². The number of hydrogen-bond acceptors (Lipinski definition) is 3. The SMILES string of the molecule is CCCCCC1=C(I)C[Se]C(=Nc2ccc(Cl)cc2)N2C(=O)[C@H]([C@@H](C)O[Si](C)(C)C(C)(C)C)[C@@H]12. The second-order valence-corrected chi connectivity index (χ2v) is 19.3. The zero-order valence-electron chi connectivity index (χ0n) is 21.5. The zero-order valence-corrected chi connectivity index (χ0v) is 27.1. The Morgan fingerprint density at radius 3 is 2.50 bits per heavy atom. The quantitative estimate of drug-likeness (QED) is 0.121. The van der Waals surface area contributed by atoms with Crippen molar-refractivity contribution >= 4 is 73.8 Å². The molecular formula is C26H38ClIN2O2SeSi. The van der Waals surface area contributed by atoms with E-state index in [1.54, 1.807) is 0 Å². The molecule has 8 heteroatoms. The average molecular weight is 680 g/mol. The van der Waals surface area contributed by atoms with Crippen LogP contribution in [0.2, 0.25) is 28.5 Å². The summed E-state index contributed by atoms with van der Waals surface area (Å²) in [6.07, 6.45) is 4.51. The number of carbonyl (C=O) groups excluding carboxylic acids is 1. The molecule has 2 aliphatic rings. The van der Waals surface area contributed by atoms with Gasteiger partial charge in [-0.3, -0.25) is 0 Å². The monoisotopic (exact) mass is 680 g/mol. The number of benzene rings is 1. The van der Waals surface area contributed by atoms with Crippen LogP contribution in [0.1, 0.15) is 60.3 Å². The van der Waals surface area contributed by atoms with Crippen LogP contribution in [0.3, 0.4) is 0 Å². The van der Waals surface area contributed by atoms with Gasteiger partial charge in [0.15, 0.2) is 0 Å². The van der Waals surface area contributed by atoms with Crippen LogP contribution in [0.25, 0.3) is 0 Å². The summed E-state index contributed by atoms with van der Waals surface area (Å²) in [6.45, 7) is 15.7. The number of fused-ring (bicyclic) bond motifs is 1. The molecule has 1 saturated heterocycles. The zero-order chi connectivity index (χ0) is 25.3. The molecule has 3 rings (SSSR count). The third-order valence-corrected chi connectivity index (χ3v) is 16.4. The van der Waals surface area contributed by atoms with E-state index in [9.17, 15) is 4.79 Å². The summed E-state index contributed by atoms with van der Waals surface area (Å²) >= 11 is 8.71. The van der Waals surface area contributed by atoms with Gasteiger partial charge in [-0.15, -0.1) is 0 Å². The Bertz CT molecular complexity index is 959. The predicted octanol–water partition coefficient (Wildman–Crippen LogP) is 7.97. The van der Waals surface area contributed by atoms with Crippen LogP contribution in [0, 0.1) is 5.92 Å². The van der Waals surface area contributed by atoms with Crippen LogP contribution in [0.4, 0.5) is 5.69 Å². The second kappa shape index (κ2) is 11.5. The van der Waals surface area contributed by atoms with Gasteiger partial charge in [0.25, 0.3) is 0 Å². The van der Waals surface area contributed by atoms with Gasteiger partial charge in [0, 0.05) is 0 Å². The number of rotatable bonds is 8. The Morgan fingerprint density at radius 1 is 1.26 bits per heavy atom. The van der Waals surface area contributed by atoms with Crippen molar-refractivity contribution in [1.82, 2.24) is 4.90 Å². The third kappa shape index (κ3) is 6.20. The molecule has 4 nitrogen and oxygen atoms in total. The van der Waals surface area contributed by atoms with Gasteiger partial charge < -0.3 is 0 Å². The molecule has 0 spiro atoms. The van der Waals surface area contributed by atoms with Crippen LogP contribution in [0.15, 0.2) is 38.4 Å². The topological polar surface area (TPSA) is 41.9 Å². The number of allylic oxidation sites excluding steroid dienone is 1. The number of unbranched alkanes of at least 4 members (excludes halogenated alkanes) is 2. The van der Waals surface area contributed by atoms with Crippen molar-refractivity contribution in [3.05, 3.63) is 38.4 Å². The van der Waals surface area contributed by atoms with Gasteiger partial charge >= 0.3 is 233 Å². The fraction of sp³-hybridized carbons (Fsp3) is 0.615. The van der Waals surface area contributed by atoms with Gasteiger partial charge in [-0.25, -0.2) is 0 Å². The fourth-order valence-electron chi connectivity index (χ4n) is 4.28. The van der Waals surface area contributed by atoms with Crippen molar-refractivity contribution in [1.29, 1.82) is 0 Å². The van der Waals surface area contributed by atoms with Gasteiger partial charge in [0.1, 0.15) is 0 Å². The number of amides is 1. The number of halogens is 2. The third-order valence-electron chi connectivity index (χ3n) is 7.27. The van der Waals surface area contributed by atoms with E-state index in [2.05, 4.69) is 70.3 Å². The molecule has 1 amide bonds. The first-order chi connectivity index (χ1) is 15.9. The van der Waals surface area contributed by atoms with Crippen LogP contribution in [0.5, 0.6) is 0 Å². The van der Waals surface area contributed by atoms with E-state index in [0.717, 1.165) is 28.6 Å². The first-order valence-electron chi connectivity index (χ1n) is 12.2. The Labute approximate surface area is 231 Å². The summed E-state index contributed by atoms with van der Waals surface area (Å²) in [4.78, 5) is 20.7. The number of β-lactam (4-membered cyclic amide) rings is 1. The second-order valence-electron chi connectivity index (χ2n) is 10.8. The number of carbonyl (C=O) groups is 1.